The van der Waals surface area contributed by atoms with Gasteiger partial charge in [0.2, 0.25) is 5.60 Å². The molecule has 3 atom stereocenters. The van der Waals surface area contributed by atoms with Crippen molar-refractivity contribution in [2.24, 2.45) is 0 Å². The summed E-state index contributed by atoms with van der Waals surface area (Å²) >= 11 is 3.74. The van der Waals surface area contributed by atoms with Gasteiger partial charge in [-0.3, -0.25) is 19.4 Å². The third-order valence-electron chi connectivity index (χ3n) is 8.61. The van der Waals surface area contributed by atoms with Gasteiger partial charge in [0.05, 0.1) is 24.1 Å². The quantitative estimate of drug-likeness (QED) is 0.236. The molecule has 1 unspecified atom stereocenters. The molecule has 5 rings (SSSR count). The summed E-state index contributed by atoms with van der Waals surface area (Å²) in [6.07, 6.45) is -8.51. The monoisotopic (exact) mass is 761 g/mol. The molecule has 0 bridgehead atoms. The molecule has 48 heavy (non-hydrogen) atoms. The smallest absolute Gasteiger partial charge is 0.425 e. The molecule has 0 radical (unpaired) electrons. The number of halogens is 7. The number of likely N-dealkylation sites (tertiary alicyclic amines) is 1. The van der Waals surface area contributed by atoms with Crippen LogP contribution in [0.4, 0.5) is 26.3 Å². The molecule has 4 heterocycles. The van der Waals surface area contributed by atoms with Crippen molar-refractivity contribution in [3.05, 3.63) is 79.7 Å². The van der Waals surface area contributed by atoms with Crippen LogP contribution < -0.4 is 4.74 Å². The van der Waals surface area contributed by atoms with E-state index in [0.29, 0.717) is 29.7 Å². The predicted octanol–water partition coefficient (Wildman–Crippen LogP) is 7.77. The normalized spacial score (nSPS) is 21.5. The first-order valence-corrected chi connectivity index (χ1v) is 16.7. The molecular weight excluding hydrogens is 732 g/mol. The number of alkyl halides is 6. The number of carboxylic acid groups (broad SMARTS) is 1. The van der Waals surface area contributed by atoms with E-state index < -0.39 is 70.4 Å². The maximum atomic E-state index is 15.0. The van der Waals surface area contributed by atoms with Crippen LogP contribution in [0.1, 0.15) is 77.1 Å². The highest BCUT2D eigenvalue weighted by Gasteiger charge is 2.57. The van der Waals surface area contributed by atoms with E-state index in [1.165, 1.54) is 4.90 Å². The first-order valence-electron chi connectivity index (χ1n) is 15.1. The minimum atomic E-state index is -4.93. The number of amides is 2. The Morgan fingerprint density at radius 1 is 1.08 bits per heavy atom. The third kappa shape index (κ3) is 7.05. The molecule has 16 heteroatoms. The fourth-order valence-corrected chi connectivity index (χ4v) is 7.71. The minimum absolute atomic E-state index is 0.0219. The molecule has 2 amide bonds. The summed E-state index contributed by atoms with van der Waals surface area (Å²) in [4.78, 5) is 46.3. The number of hydrogen-bond acceptors (Lipinski definition) is 6. The number of carbonyl (C=O) groups is 3. The van der Waals surface area contributed by atoms with Gasteiger partial charge >= 0.3 is 18.3 Å². The van der Waals surface area contributed by atoms with Crippen molar-refractivity contribution in [3.8, 4) is 5.75 Å². The van der Waals surface area contributed by atoms with Gasteiger partial charge in [-0.15, -0.1) is 11.3 Å². The molecule has 2 aliphatic rings. The molecule has 1 fully saturated rings. The zero-order valence-corrected chi connectivity index (χ0v) is 27.8. The topological polar surface area (TPSA) is 100 Å². The number of aliphatic carboxylic acids is 1. The van der Waals surface area contributed by atoms with Gasteiger partial charge < -0.3 is 19.6 Å². The van der Waals surface area contributed by atoms with E-state index in [0.717, 1.165) is 44.7 Å². The largest absolute Gasteiger partial charge is 0.481 e. The Kier molecular flexibility index (Phi) is 10.2. The second-order valence-electron chi connectivity index (χ2n) is 11.6. The van der Waals surface area contributed by atoms with Crippen LogP contribution in [0.5, 0.6) is 5.75 Å². The van der Waals surface area contributed by atoms with E-state index in [9.17, 15) is 41.0 Å². The molecule has 2 aliphatic heterocycles. The van der Waals surface area contributed by atoms with E-state index in [1.54, 1.807) is 19.1 Å². The van der Waals surface area contributed by atoms with Crippen LogP contribution in [0.2, 0.25) is 0 Å². The van der Waals surface area contributed by atoms with E-state index >= 15 is 4.79 Å². The second-order valence-corrected chi connectivity index (χ2v) is 13.5. The van der Waals surface area contributed by atoms with Gasteiger partial charge in [-0.1, -0.05) is 35.3 Å². The van der Waals surface area contributed by atoms with Crippen molar-refractivity contribution < 1.29 is 50.6 Å². The Labute approximate surface area is 283 Å². The molecule has 258 valence electrons. The number of fused-ring (bicyclic) bond motifs is 1. The summed E-state index contributed by atoms with van der Waals surface area (Å²) in [6, 6.07) is 5.46. The highest BCUT2D eigenvalue weighted by atomic mass is 79.9. The third-order valence-corrected chi connectivity index (χ3v) is 10.1. The Hall–Kier alpha value is -3.66. The fraction of sp³-hybridized carbons (Fsp3) is 0.438. The van der Waals surface area contributed by atoms with Crippen LogP contribution in [0.15, 0.2) is 52.4 Å². The van der Waals surface area contributed by atoms with Crippen molar-refractivity contribution in [1.29, 1.82) is 0 Å². The zero-order chi connectivity index (χ0) is 35.0. The summed E-state index contributed by atoms with van der Waals surface area (Å²) in [6.45, 7) is 1.67. The number of hydrogen-bond donors (Lipinski definition) is 1. The number of nitrogens with zero attached hydrogens (tertiary/aromatic N) is 3. The van der Waals surface area contributed by atoms with Crippen molar-refractivity contribution >= 4 is 45.1 Å². The highest BCUT2D eigenvalue weighted by Crippen LogP contribution is 2.44. The van der Waals surface area contributed by atoms with Crippen molar-refractivity contribution in [2.75, 3.05) is 13.1 Å². The maximum Gasteiger partial charge on any atom is 0.425 e. The number of rotatable bonds is 8. The number of carboxylic acids is 1. The zero-order valence-electron chi connectivity index (χ0n) is 25.4. The Morgan fingerprint density at radius 3 is 2.48 bits per heavy atom. The van der Waals surface area contributed by atoms with E-state index in [2.05, 4.69) is 20.9 Å². The fourth-order valence-electron chi connectivity index (χ4n) is 6.63. The van der Waals surface area contributed by atoms with Crippen LogP contribution in [0.25, 0.3) is 0 Å². The predicted molar refractivity (Wildman–Crippen MR) is 165 cm³/mol. The van der Waals surface area contributed by atoms with E-state index in [4.69, 9.17) is 4.74 Å². The lowest BCUT2D eigenvalue weighted by Crippen LogP contribution is -2.68. The van der Waals surface area contributed by atoms with Crippen LogP contribution in [-0.4, -0.2) is 62.4 Å². The Balaban J connectivity index is 1.65. The molecule has 2 aromatic heterocycles. The number of pyridine rings is 1. The summed E-state index contributed by atoms with van der Waals surface area (Å²) in [7, 11) is 0. The average Bonchev–Trinajstić information content (AvgIpc) is 3.50. The van der Waals surface area contributed by atoms with Crippen molar-refractivity contribution in [1.82, 2.24) is 14.8 Å². The maximum absolute atomic E-state index is 15.0. The lowest BCUT2D eigenvalue weighted by molar-refractivity contribution is -0.163. The molecule has 3 aromatic rings. The number of thiophene rings is 1. The summed E-state index contributed by atoms with van der Waals surface area (Å²) in [5, 5.41) is 11.0. The van der Waals surface area contributed by atoms with Gasteiger partial charge in [0.1, 0.15) is 16.3 Å². The average molecular weight is 763 g/mol. The van der Waals surface area contributed by atoms with Crippen LogP contribution in [0.3, 0.4) is 0 Å². The van der Waals surface area contributed by atoms with Gasteiger partial charge in [-0.25, -0.2) is 0 Å². The Bertz CT molecular complexity index is 1700. The van der Waals surface area contributed by atoms with Crippen molar-refractivity contribution in [3.63, 3.8) is 0 Å². The summed E-state index contributed by atoms with van der Waals surface area (Å²) in [5.74, 6) is -3.40. The molecule has 0 spiro atoms. The van der Waals surface area contributed by atoms with Crippen molar-refractivity contribution in [2.45, 2.75) is 75.5 Å². The van der Waals surface area contributed by atoms with Crippen LogP contribution in [-0.2, 0) is 28.4 Å². The summed E-state index contributed by atoms with van der Waals surface area (Å²) < 4.78 is 89.9. The van der Waals surface area contributed by atoms with Gasteiger partial charge in [0.15, 0.2) is 0 Å². The van der Waals surface area contributed by atoms with Crippen LogP contribution >= 0.6 is 27.3 Å². The molecule has 8 nitrogen and oxygen atoms in total. The number of carbonyl (C=O) groups excluding carboxylic acids is 2. The minimum Gasteiger partial charge on any atom is -0.481 e. The summed E-state index contributed by atoms with van der Waals surface area (Å²) in [5.41, 5.74) is -2.89. The van der Waals surface area contributed by atoms with Gasteiger partial charge in [-0.05, 0) is 54.7 Å². The van der Waals surface area contributed by atoms with E-state index in [-0.39, 0.29) is 38.1 Å². The number of benzene rings is 1. The van der Waals surface area contributed by atoms with Crippen LogP contribution in [0, 0.1) is 0 Å². The highest BCUT2D eigenvalue weighted by molar-refractivity contribution is 9.10. The molecule has 0 aliphatic carbocycles. The van der Waals surface area contributed by atoms with Gasteiger partial charge in [-0.2, -0.15) is 26.3 Å². The molecule has 0 saturated carbocycles. The van der Waals surface area contributed by atoms with Gasteiger partial charge in [0.25, 0.3) is 11.8 Å². The number of ether oxygens (including phenoxy) is 1. The SMILES string of the molecule is CCC[C@H]1N(C(=O)c2ncccc2C(F)(F)F)CCC[C@]1(Oc1csc(C(F)(F)F)c1)C(=O)N1CCc2cc(Br)ccc2C1CC(=O)O. The lowest BCUT2D eigenvalue weighted by atomic mass is 9.78. The standard InChI is InChI=1S/C32H30BrF6N3O5S/c1-2-5-24-30(47-20-15-25(48-17-20)32(37,38)39,10-4-12-42(24)28(45)27-22(31(34,35)36)6-3-11-40-27)29(46)41-13-9-18-14-19(33)7-8-21(18)23(41)16-26(43)44/h3,6-8,11,14-15,17,23-24H,2,4-5,9-10,12-13,16H2,1H3,(H,43,44)/t23?,24-,30-/m1/s1. The number of aromatic nitrogens is 1. The van der Waals surface area contributed by atoms with Gasteiger partial charge in [0, 0.05) is 41.6 Å². The molecular formula is C32H30BrF6N3O5S. The first-order chi connectivity index (χ1) is 22.6. The number of piperidine rings is 1. The first kappa shape index (κ1) is 35.6. The molecule has 1 N–H and O–H groups in total. The lowest BCUT2D eigenvalue weighted by Gasteiger charge is -2.51. The second kappa shape index (κ2) is 13.7. The Morgan fingerprint density at radius 2 is 1.83 bits per heavy atom. The molecule has 1 saturated heterocycles. The van der Waals surface area contributed by atoms with E-state index in [1.807, 2.05) is 6.07 Å². The molecule has 1 aromatic carbocycles.